The molecule has 0 saturated carbocycles. The Bertz CT molecular complexity index is 1510. The molecule has 0 spiro atoms. The number of likely N-dealkylation sites (N-methyl/N-ethyl adjacent to an activating group) is 1. The van der Waals surface area contributed by atoms with E-state index >= 15 is 0 Å². The highest BCUT2D eigenvalue weighted by Gasteiger charge is 2.29. The van der Waals surface area contributed by atoms with E-state index in [0.29, 0.717) is 51.8 Å². The van der Waals surface area contributed by atoms with Crippen molar-refractivity contribution in [2.45, 2.75) is 25.9 Å². The van der Waals surface area contributed by atoms with Crippen molar-refractivity contribution >= 4 is 55.9 Å². The second-order valence-electron chi connectivity index (χ2n) is 9.39. The lowest BCUT2D eigenvalue weighted by molar-refractivity contribution is 0.0642. The molecular formula is C29H29BrCl2N4O2. The second kappa shape index (κ2) is 12.4. The average Bonchev–Trinajstić information content (AvgIpc) is 2.88. The van der Waals surface area contributed by atoms with Crippen LogP contribution in [0.3, 0.4) is 0 Å². The largest absolute Gasteiger partial charge is 0.327 e. The van der Waals surface area contributed by atoms with E-state index in [1.807, 2.05) is 61.2 Å². The van der Waals surface area contributed by atoms with Crippen LogP contribution in [0.2, 0.25) is 10.0 Å². The number of nitrogens with zero attached hydrogens (tertiary/aromatic N) is 4. The van der Waals surface area contributed by atoms with Crippen LogP contribution in [-0.4, -0.2) is 52.4 Å². The third kappa shape index (κ3) is 6.46. The van der Waals surface area contributed by atoms with E-state index in [0.717, 1.165) is 10.0 Å². The van der Waals surface area contributed by atoms with Crippen LogP contribution in [0.4, 0.5) is 0 Å². The lowest BCUT2D eigenvalue weighted by Gasteiger charge is -2.33. The highest BCUT2D eigenvalue weighted by Crippen LogP contribution is 2.27. The van der Waals surface area contributed by atoms with E-state index in [2.05, 4.69) is 15.9 Å². The topological polar surface area (TPSA) is 58.4 Å². The van der Waals surface area contributed by atoms with Crippen molar-refractivity contribution in [2.75, 3.05) is 27.2 Å². The lowest BCUT2D eigenvalue weighted by atomic mass is 10.1. The zero-order chi connectivity index (χ0) is 27.4. The summed E-state index contributed by atoms with van der Waals surface area (Å²) in [6.45, 7) is 3.38. The van der Waals surface area contributed by atoms with Gasteiger partial charge in [0, 0.05) is 33.2 Å². The summed E-state index contributed by atoms with van der Waals surface area (Å²) in [4.78, 5) is 36.6. The maximum absolute atomic E-state index is 13.9. The number of carbonyl (C=O) groups is 1. The highest BCUT2D eigenvalue weighted by molar-refractivity contribution is 9.10. The van der Waals surface area contributed by atoms with Gasteiger partial charge in [0.2, 0.25) is 0 Å². The number of aromatic nitrogens is 2. The molecule has 38 heavy (non-hydrogen) atoms. The van der Waals surface area contributed by atoms with Gasteiger partial charge in [0.25, 0.3) is 11.5 Å². The lowest BCUT2D eigenvalue weighted by Crippen LogP contribution is -2.42. The number of rotatable bonds is 9. The molecule has 198 valence electrons. The molecule has 6 nitrogen and oxygen atoms in total. The molecule has 0 aliphatic heterocycles. The normalized spacial score (nSPS) is 12.2. The average molecular weight is 616 g/mol. The van der Waals surface area contributed by atoms with Gasteiger partial charge in [0.05, 0.1) is 23.5 Å². The van der Waals surface area contributed by atoms with E-state index in [9.17, 15) is 9.59 Å². The summed E-state index contributed by atoms with van der Waals surface area (Å²) in [7, 11) is 3.93. The van der Waals surface area contributed by atoms with Crippen LogP contribution in [0.15, 0.2) is 76.0 Å². The Balaban J connectivity index is 1.90. The molecule has 0 saturated heterocycles. The van der Waals surface area contributed by atoms with Gasteiger partial charge in [-0.2, -0.15) is 0 Å². The van der Waals surface area contributed by atoms with Gasteiger partial charge in [-0.05, 0) is 80.7 Å². The molecular weight excluding hydrogens is 587 g/mol. The van der Waals surface area contributed by atoms with Crippen molar-refractivity contribution in [1.82, 2.24) is 19.4 Å². The van der Waals surface area contributed by atoms with E-state index in [1.54, 1.807) is 41.0 Å². The molecule has 0 fully saturated rings. The van der Waals surface area contributed by atoms with Crippen LogP contribution in [0.5, 0.6) is 0 Å². The summed E-state index contributed by atoms with van der Waals surface area (Å²) in [6.07, 6.45) is 0.559. The van der Waals surface area contributed by atoms with Crippen molar-refractivity contribution in [3.63, 3.8) is 0 Å². The molecule has 1 aromatic heterocycles. The third-order valence-corrected chi connectivity index (χ3v) is 7.38. The molecule has 4 aromatic rings. The second-order valence-corrected chi connectivity index (χ2v) is 11.2. The van der Waals surface area contributed by atoms with Crippen molar-refractivity contribution in [2.24, 2.45) is 0 Å². The number of hydrogen-bond acceptors (Lipinski definition) is 4. The summed E-state index contributed by atoms with van der Waals surface area (Å²) in [5.41, 5.74) is 1.74. The standard InChI is InChI=1S/C29H29BrCl2N4O2/c1-4-26(35(15-14-34(2)3)28(37)20-8-10-21(30)11-9-20)27-33-25-17-23(32)12-13-24(25)29(38)36(27)18-19-6-5-7-22(31)16-19/h5-13,16-17,26H,4,14-15,18H2,1-3H3. The number of amides is 1. The van der Waals surface area contributed by atoms with Gasteiger partial charge >= 0.3 is 0 Å². The fourth-order valence-corrected chi connectivity index (χ4v) is 5.09. The predicted molar refractivity (Wildman–Crippen MR) is 158 cm³/mol. The molecule has 0 aliphatic carbocycles. The van der Waals surface area contributed by atoms with Gasteiger partial charge in [-0.15, -0.1) is 0 Å². The Morgan fingerprint density at radius 1 is 1.00 bits per heavy atom. The van der Waals surface area contributed by atoms with Gasteiger partial charge in [0.15, 0.2) is 0 Å². The Hall–Kier alpha value is -2.71. The molecule has 1 atom stereocenters. The van der Waals surface area contributed by atoms with Crippen molar-refractivity contribution in [3.8, 4) is 0 Å². The number of benzene rings is 3. The van der Waals surface area contributed by atoms with Crippen LogP contribution < -0.4 is 5.56 Å². The van der Waals surface area contributed by atoms with Crippen molar-refractivity contribution < 1.29 is 4.79 Å². The van der Waals surface area contributed by atoms with Gasteiger partial charge in [0.1, 0.15) is 5.82 Å². The highest BCUT2D eigenvalue weighted by atomic mass is 79.9. The summed E-state index contributed by atoms with van der Waals surface area (Å²) in [5.74, 6) is 0.386. The SMILES string of the molecule is CCC(c1nc2cc(Cl)ccc2c(=O)n1Cc1cccc(Cl)c1)N(CCN(C)C)C(=O)c1ccc(Br)cc1. The maximum atomic E-state index is 13.9. The predicted octanol–water partition coefficient (Wildman–Crippen LogP) is 6.67. The first-order valence-corrected chi connectivity index (χ1v) is 13.9. The van der Waals surface area contributed by atoms with E-state index in [1.165, 1.54) is 0 Å². The Morgan fingerprint density at radius 3 is 2.37 bits per heavy atom. The fourth-order valence-electron chi connectivity index (χ4n) is 4.44. The quantitative estimate of drug-likeness (QED) is 0.211. The smallest absolute Gasteiger partial charge is 0.261 e. The number of halogens is 3. The van der Waals surface area contributed by atoms with Gasteiger partial charge in [-0.1, -0.05) is 58.2 Å². The molecule has 0 bridgehead atoms. The number of hydrogen-bond donors (Lipinski definition) is 0. The van der Waals surface area contributed by atoms with Crippen LogP contribution in [0.25, 0.3) is 10.9 Å². The van der Waals surface area contributed by atoms with Gasteiger partial charge < -0.3 is 9.80 Å². The Labute approximate surface area is 240 Å². The minimum Gasteiger partial charge on any atom is -0.327 e. The third-order valence-electron chi connectivity index (χ3n) is 6.38. The molecule has 0 aliphatic rings. The molecule has 3 aromatic carbocycles. The fraction of sp³-hybridized carbons (Fsp3) is 0.276. The maximum Gasteiger partial charge on any atom is 0.261 e. The monoisotopic (exact) mass is 614 g/mol. The van der Waals surface area contributed by atoms with Crippen LogP contribution in [0, 0.1) is 0 Å². The first-order valence-electron chi connectivity index (χ1n) is 12.3. The minimum atomic E-state index is -0.457. The first kappa shape index (κ1) is 28.3. The van der Waals surface area contributed by atoms with Crippen LogP contribution in [0.1, 0.15) is 41.1 Å². The van der Waals surface area contributed by atoms with E-state index in [-0.39, 0.29) is 18.0 Å². The summed E-state index contributed by atoms with van der Waals surface area (Å²) >= 11 is 16.0. The van der Waals surface area contributed by atoms with Crippen molar-refractivity contribution in [3.05, 3.63) is 109 Å². The molecule has 1 amide bonds. The zero-order valence-corrected chi connectivity index (χ0v) is 24.6. The summed E-state index contributed by atoms with van der Waals surface area (Å²) in [5, 5.41) is 1.54. The molecule has 4 rings (SSSR count). The summed E-state index contributed by atoms with van der Waals surface area (Å²) < 4.78 is 2.55. The molecule has 1 unspecified atom stereocenters. The Kier molecular flexibility index (Phi) is 9.26. The molecule has 0 radical (unpaired) electrons. The van der Waals surface area contributed by atoms with E-state index < -0.39 is 6.04 Å². The van der Waals surface area contributed by atoms with Crippen LogP contribution in [-0.2, 0) is 6.54 Å². The molecule has 1 heterocycles. The van der Waals surface area contributed by atoms with E-state index in [4.69, 9.17) is 28.2 Å². The van der Waals surface area contributed by atoms with Crippen molar-refractivity contribution in [1.29, 1.82) is 0 Å². The molecule has 9 heteroatoms. The number of fused-ring (bicyclic) bond motifs is 1. The zero-order valence-electron chi connectivity index (χ0n) is 21.5. The summed E-state index contributed by atoms with van der Waals surface area (Å²) in [6, 6.07) is 19.3. The first-order chi connectivity index (χ1) is 18.2. The molecule has 0 N–H and O–H groups in total. The number of carbonyl (C=O) groups excluding carboxylic acids is 1. The van der Waals surface area contributed by atoms with Gasteiger partial charge in [-0.3, -0.25) is 14.2 Å². The Morgan fingerprint density at radius 2 is 1.71 bits per heavy atom. The van der Waals surface area contributed by atoms with Crippen LogP contribution >= 0.6 is 39.1 Å². The van der Waals surface area contributed by atoms with Gasteiger partial charge in [-0.25, -0.2) is 4.98 Å². The minimum absolute atomic E-state index is 0.124.